The Hall–Kier alpha value is -2.84. The van der Waals surface area contributed by atoms with Crippen molar-refractivity contribution in [3.8, 4) is 11.1 Å². The van der Waals surface area contributed by atoms with E-state index in [9.17, 15) is 0 Å². The maximum Gasteiger partial charge on any atom is 0.158 e. The van der Waals surface area contributed by atoms with Crippen molar-refractivity contribution in [2.75, 3.05) is 19.0 Å². The van der Waals surface area contributed by atoms with Gasteiger partial charge in [0.1, 0.15) is 29.4 Å². The van der Waals surface area contributed by atoms with Gasteiger partial charge in [0.05, 0.1) is 5.39 Å². The summed E-state index contributed by atoms with van der Waals surface area (Å²) in [6, 6.07) is 10.3. The lowest BCUT2D eigenvalue weighted by Crippen LogP contribution is -2.12. The summed E-state index contributed by atoms with van der Waals surface area (Å²) in [5, 5.41) is 14.9. The van der Waals surface area contributed by atoms with Crippen LogP contribution in [0.1, 0.15) is 18.6 Å². The number of methoxy groups -OCH3 is 1. The Morgan fingerprint density at radius 3 is 2.82 bits per heavy atom. The van der Waals surface area contributed by atoms with Crippen LogP contribution in [0.25, 0.3) is 21.3 Å². The first-order valence-corrected chi connectivity index (χ1v) is 10.1. The lowest BCUT2D eigenvalue weighted by atomic mass is 10.1. The number of rotatable bonds is 8. The zero-order chi connectivity index (χ0) is 19.3. The third kappa shape index (κ3) is 3.74. The summed E-state index contributed by atoms with van der Waals surface area (Å²) in [6.07, 6.45) is 2.53. The van der Waals surface area contributed by atoms with Crippen LogP contribution in [-0.4, -0.2) is 38.4 Å². The number of aromatic nitrogens is 5. The first-order valence-electron chi connectivity index (χ1n) is 9.23. The second-order valence-electron chi connectivity index (χ2n) is 6.33. The highest BCUT2D eigenvalue weighted by molar-refractivity contribution is 7.17. The van der Waals surface area contributed by atoms with Crippen LogP contribution in [0.4, 0.5) is 5.82 Å². The van der Waals surface area contributed by atoms with Crippen molar-refractivity contribution in [3.05, 3.63) is 53.7 Å². The van der Waals surface area contributed by atoms with Gasteiger partial charge in [-0.05, 0) is 12.5 Å². The van der Waals surface area contributed by atoms with E-state index in [0.29, 0.717) is 19.0 Å². The van der Waals surface area contributed by atoms with E-state index in [1.54, 1.807) is 24.8 Å². The summed E-state index contributed by atoms with van der Waals surface area (Å²) >= 11 is 1.63. The van der Waals surface area contributed by atoms with E-state index >= 15 is 0 Å². The molecule has 28 heavy (non-hydrogen) atoms. The Kier molecular flexibility index (Phi) is 5.59. The smallest absolute Gasteiger partial charge is 0.158 e. The molecule has 0 atom stereocenters. The standard InChI is InChI=1S/C20H22N6OS/c1-3-26-13-22-25-17(26)9-10-21-19-18-15(14-7-5-4-6-8-14)12-28-20(18)24-16(23-19)11-27-2/h4-8,12-13H,3,9-11H2,1-2H3,(H,21,23,24). The second-order valence-corrected chi connectivity index (χ2v) is 7.19. The Morgan fingerprint density at radius 2 is 2.04 bits per heavy atom. The minimum atomic E-state index is 0.382. The predicted octanol–water partition coefficient (Wildman–Crippen LogP) is 3.77. The van der Waals surface area contributed by atoms with E-state index in [-0.39, 0.29) is 0 Å². The first kappa shape index (κ1) is 18.5. The lowest BCUT2D eigenvalue weighted by Gasteiger charge is -2.11. The molecule has 0 fully saturated rings. The van der Waals surface area contributed by atoms with Crippen molar-refractivity contribution in [3.63, 3.8) is 0 Å². The average molecular weight is 395 g/mol. The Bertz CT molecular complexity index is 1060. The van der Waals surface area contributed by atoms with Gasteiger partial charge in [0, 0.05) is 37.6 Å². The molecule has 0 saturated heterocycles. The summed E-state index contributed by atoms with van der Waals surface area (Å²) in [6.45, 7) is 4.04. The molecule has 0 spiro atoms. The van der Waals surface area contributed by atoms with Crippen LogP contribution in [0.15, 0.2) is 42.0 Å². The van der Waals surface area contributed by atoms with Crippen LogP contribution in [0.2, 0.25) is 0 Å². The summed E-state index contributed by atoms with van der Waals surface area (Å²) in [4.78, 5) is 10.4. The molecule has 144 valence electrons. The normalized spacial score (nSPS) is 11.2. The molecule has 0 saturated carbocycles. The lowest BCUT2D eigenvalue weighted by molar-refractivity contribution is 0.178. The van der Waals surface area contributed by atoms with E-state index in [4.69, 9.17) is 9.72 Å². The SMILES string of the molecule is CCn1cnnc1CCNc1nc(COC)nc2scc(-c3ccccc3)c12. The Labute approximate surface area is 167 Å². The van der Waals surface area contributed by atoms with Gasteiger partial charge in [-0.25, -0.2) is 9.97 Å². The molecule has 0 amide bonds. The van der Waals surface area contributed by atoms with Crippen molar-refractivity contribution in [1.82, 2.24) is 24.7 Å². The molecular weight excluding hydrogens is 372 g/mol. The van der Waals surface area contributed by atoms with Crippen LogP contribution in [0, 0.1) is 0 Å². The number of anilines is 1. The zero-order valence-corrected chi connectivity index (χ0v) is 16.7. The van der Waals surface area contributed by atoms with Crippen molar-refractivity contribution >= 4 is 27.4 Å². The maximum atomic E-state index is 5.25. The second kappa shape index (κ2) is 8.45. The summed E-state index contributed by atoms with van der Waals surface area (Å²) < 4.78 is 7.30. The van der Waals surface area contributed by atoms with Crippen LogP contribution < -0.4 is 5.32 Å². The molecular formula is C20H22N6OS. The molecule has 1 N–H and O–H groups in total. The highest BCUT2D eigenvalue weighted by Crippen LogP contribution is 2.36. The molecule has 3 aromatic heterocycles. The zero-order valence-electron chi connectivity index (χ0n) is 15.9. The molecule has 4 aromatic rings. The predicted molar refractivity (Wildman–Crippen MR) is 111 cm³/mol. The summed E-state index contributed by atoms with van der Waals surface area (Å²) in [7, 11) is 1.65. The Balaban J connectivity index is 1.67. The Morgan fingerprint density at radius 1 is 1.18 bits per heavy atom. The van der Waals surface area contributed by atoms with Gasteiger partial charge < -0.3 is 14.6 Å². The third-order valence-corrected chi connectivity index (χ3v) is 5.39. The van der Waals surface area contributed by atoms with Gasteiger partial charge in [0.15, 0.2) is 5.82 Å². The molecule has 3 heterocycles. The number of fused-ring (bicyclic) bond motifs is 1. The van der Waals surface area contributed by atoms with E-state index < -0.39 is 0 Å². The molecule has 0 bridgehead atoms. The molecule has 8 heteroatoms. The largest absolute Gasteiger partial charge is 0.377 e. The molecule has 1 aromatic carbocycles. The van der Waals surface area contributed by atoms with Gasteiger partial charge in [-0.15, -0.1) is 21.5 Å². The number of hydrogen-bond acceptors (Lipinski definition) is 7. The minimum absolute atomic E-state index is 0.382. The van der Waals surface area contributed by atoms with Crippen molar-refractivity contribution in [1.29, 1.82) is 0 Å². The number of hydrogen-bond donors (Lipinski definition) is 1. The third-order valence-electron chi connectivity index (χ3n) is 4.52. The van der Waals surface area contributed by atoms with Crippen LogP contribution in [0.3, 0.4) is 0 Å². The number of aryl methyl sites for hydroxylation is 1. The minimum Gasteiger partial charge on any atom is -0.377 e. The molecule has 7 nitrogen and oxygen atoms in total. The number of benzene rings is 1. The van der Waals surface area contributed by atoms with Gasteiger partial charge in [0.2, 0.25) is 0 Å². The fourth-order valence-electron chi connectivity index (χ4n) is 3.17. The van der Waals surface area contributed by atoms with E-state index in [1.165, 1.54) is 0 Å². The van der Waals surface area contributed by atoms with Gasteiger partial charge in [-0.1, -0.05) is 30.3 Å². The molecule has 0 unspecified atom stereocenters. The van der Waals surface area contributed by atoms with Gasteiger partial charge in [-0.2, -0.15) is 0 Å². The van der Waals surface area contributed by atoms with E-state index in [2.05, 4.69) is 44.9 Å². The van der Waals surface area contributed by atoms with E-state index in [0.717, 1.165) is 46.0 Å². The molecule has 4 rings (SSSR count). The average Bonchev–Trinajstić information content (AvgIpc) is 3.35. The molecule has 0 aliphatic carbocycles. The molecule has 0 aliphatic rings. The maximum absolute atomic E-state index is 5.25. The van der Waals surface area contributed by atoms with Crippen molar-refractivity contribution in [2.45, 2.75) is 26.5 Å². The fraction of sp³-hybridized carbons (Fsp3) is 0.300. The van der Waals surface area contributed by atoms with Gasteiger partial charge in [0.25, 0.3) is 0 Å². The van der Waals surface area contributed by atoms with Crippen LogP contribution in [-0.2, 0) is 24.3 Å². The molecule has 0 radical (unpaired) electrons. The van der Waals surface area contributed by atoms with Crippen molar-refractivity contribution < 1.29 is 4.74 Å². The highest BCUT2D eigenvalue weighted by Gasteiger charge is 2.15. The fourth-order valence-corrected chi connectivity index (χ4v) is 4.13. The van der Waals surface area contributed by atoms with Gasteiger partial charge >= 0.3 is 0 Å². The first-order chi connectivity index (χ1) is 13.8. The number of ether oxygens (including phenoxy) is 1. The van der Waals surface area contributed by atoms with Gasteiger partial charge in [-0.3, -0.25) is 0 Å². The molecule has 0 aliphatic heterocycles. The number of nitrogens with zero attached hydrogens (tertiary/aromatic N) is 5. The van der Waals surface area contributed by atoms with Crippen molar-refractivity contribution in [2.24, 2.45) is 0 Å². The monoisotopic (exact) mass is 394 g/mol. The topological polar surface area (TPSA) is 77.8 Å². The summed E-state index contributed by atoms with van der Waals surface area (Å²) in [5.74, 6) is 2.47. The summed E-state index contributed by atoms with van der Waals surface area (Å²) in [5.41, 5.74) is 2.30. The van der Waals surface area contributed by atoms with Crippen LogP contribution >= 0.6 is 11.3 Å². The van der Waals surface area contributed by atoms with E-state index in [1.807, 2.05) is 22.8 Å². The quantitative estimate of drug-likeness (QED) is 0.490. The van der Waals surface area contributed by atoms with Crippen LogP contribution in [0.5, 0.6) is 0 Å². The number of thiophene rings is 1. The highest BCUT2D eigenvalue weighted by atomic mass is 32.1. The number of nitrogens with one attached hydrogen (secondary N) is 1.